The minimum Gasteiger partial charge on any atom is -0.444 e. The first-order valence-corrected chi connectivity index (χ1v) is 10.7. The van der Waals surface area contributed by atoms with Crippen LogP contribution in [0.1, 0.15) is 35.9 Å². The van der Waals surface area contributed by atoms with Crippen LogP contribution in [0.4, 0.5) is 0 Å². The zero-order valence-corrected chi connectivity index (χ0v) is 17.1. The molecule has 0 N–H and O–H groups in total. The lowest BCUT2D eigenvalue weighted by Gasteiger charge is -2.33. The molecule has 1 aromatic heterocycles. The minimum atomic E-state index is -3.55. The van der Waals surface area contributed by atoms with Gasteiger partial charge < -0.3 is 9.32 Å². The fourth-order valence-corrected chi connectivity index (χ4v) is 4.62. The first kappa shape index (κ1) is 19.1. The second-order valence-corrected chi connectivity index (χ2v) is 9.24. The lowest BCUT2D eigenvalue weighted by Crippen LogP contribution is -2.50. The van der Waals surface area contributed by atoms with Crippen molar-refractivity contribution in [3.05, 3.63) is 52.4 Å². The van der Waals surface area contributed by atoms with Gasteiger partial charge in [0.25, 0.3) is 5.91 Å². The number of hydrogen-bond donors (Lipinski definition) is 0. The first-order chi connectivity index (χ1) is 12.3. The number of nitrogens with zero attached hydrogens (tertiary/aromatic N) is 2. The summed E-state index contributed by atoms with van der Waals surface area (Å²) < 4.78 is 32.8. The number of amides is 1. The third-order valence-corrected chi connectivity index (χ3v) is 6.83. The molecular weight excluding hydrogens is 420 g/mol. The molecule has 8 heteroatoms. The molecule has 0 aliphatic carbocycles. The van der Waals surface area contributed by atoms with Crippen molar-refractivity contribution in [2.75, 3.05) is 26.2 Å². The molecule has 2 aromatic rings. The number of carbonyl (C=O) groups is 1. The fraction of sp³-hybridized carbons (Fsp3) is 0.389. The summed E-state index contributed by atoms with van der Waals surface area (Å²) in [4.78, 5) is 14.3. The van der Waals surface area contributed by atoms with E-state index in [4.69, 9.17) is 4.42 Å². The average Bonchev–Trinajstić information content (AvgIpc) is 3.07. The van der Waals surface area contributed by atoms with Crippen LogP contribution in [0.25, 0.3) is 0 Å². The SMILES string of the molecule is CC(C)c1ccc(S(=O)(=O)N2CCN(C(=O)c3ccc(Br)o3)CC2)cc1. The molecular formula is C18H21BrN2O4S. The Labute approximate surface area is 162 Å². The van der Waals surface area contributed by atoms with Gasteiger partial charge in [0.2, 0.25) is 10.0 Å². The summed E-state index contributed by atoms with van der Waals surface area (Å²) in [6.07, 6.45) is 0. The summed E-state index contributed by atoms with van der Waals surface area (Å²) in [5.41, 5.74) is 1.10. The maximum atomic E-state index is 12.8. The number of sulfonamides is 1. The van der Waals surface area contributed by atoms with Crippen molar-refractivity contribution in [3.8, 4) is 0 Å². The maximum Gasteiger partial charge on any atom is 0.289 e. The Kier molecular flexibility index (Phi) is 5.55. The number of halogens is 1. The largest absolute Gasteiger partial charge is 0.444 e. The van der Waals surface area contributed by atoms with Gasteiger partial charge in [-0.15, -0.1) is 0 Å². The molecule has 0 saturated carbocycles. The normalized spacial score (nSPS) is 16.2. The van der Waals surface area contributed by atoms with Gasteiger partial charge in [0.15, 0.2) is 10.4 Å². The Balaban J connectivity index is 1.67. The maximum absolute atomic E-state index is 12.8. The van der Waals surface area contributed by atoms with E-state index in [0.717, 1.165) is 5.56 Å². The molecule has 26 heavy (non-hydrogen) atoms. The quantitative estimate of drug-likeness (QED) is 0.730. The van der Waals surface area contributed by atoms with Gasteiger partial charge in [-0.05, 0) is 51.7 Å². The molecule has 140 valence electrons. The molecule has 1 saturated heterocycles. The Morgan fingerprint density at radius 1 is 1.04 bits per heavy atom. The molecule has 1 aromatic carbocycles. The van der Waals surface area contributed by atoms with Crippen molar-refractivity contribution in [2.45, 2.75) is 24.7 Å². The van der Waals surface area contributed by atoms with Gasteiger partial charge in [-0.1, -0.05) is 26.0 Å². The van der Waals surface area contributed by atoms with Crippen LogP contribution >= 0.6 is 15.9 Å². The number of benzene rings is 1. The van der Waals surface area contributed by atoms with Gasteiger partial charge in [-0.25, -0.2) is 8.42 Å². The summed E-state index contributed by atoms with van der Waals surface area (Å²) in [5.74, 6) is 0.370. The highest BCUT2D eigenvalue weighted by atomic mass is 79.9. The van der Waals surface area contributed by atoms with E-state index >= 15 is 0 Å². The summed E-state index contributed by atoms with van der Waals surface area (Å²) in [6.45, 7) is 5.33. The van der Waals surface area contributed by atoms with Crippen LogP contribution in [0, 0.1) is 0 Å². The molecule has 1 aliphatic rings. The third-order valence-electron chi connectivity index (χ3n) is 4.49. The van der Waals surface area contributed by atoms with E-state index in [1.54, 1.807) is 29.2 Å². The molecule has 6 nitrogen and oxygen atoms in total. The first-order valence-electron chi connectivity index (χ1n) is 8.44. The third kappa shape index (κ3) is 3.87. The second-order valence-electron chi connectivity index (χ2n) is 6.52. The summed E-state index contributed by atoms with van der Waals surface area (Å²) in [6, 6.07) is 10.3. The zero-order chi connectivity index (χ0) is 18.9. The standard InChI is InChI=1S/C18H21BrN2O4S/c1-13(2)14-3-5-15(6-4-14)26(23,24)21-11-9-20(10-12-21)18(22)16-7-8-17(19)25-16/h3-8,13H,9-12H2,1-2H3. The van der Waals surface area contributed by atoms with Gasteiger partial charge in [0.1, 0.15) is 0 Å². The van der Waals surface area contributed by atoms with Gasteiger partial charge in [-0.3, -0.25) is 4.79 Å². The average molecular weight is 441 g/mol. The van der Waals surface area contributed by atoms with Crippen LogP contribution in [0.3, 0.4) is 0 Å². The highest BCUT2D eigenvalue weighted by Crippen LogP contribution is 2.22. The van der Waals surface area contributed by atoms with Gasteiger partial charge in [0, 0.05) is 26.2 Å². The van der Waals surface area contributed by atoms with Crippen LogP contribution in [-0.2, 0) is 10.0 Å². The van der Waals surface area contributed by atoms with Gasteiger partial charge in [0.05, 0.1) is 4.90 Å². The number of hydrogen-bond acceptors (Lipinski definition) is 4. The molecule has 0 unspecified atom stereocenters. The number of piperazine rings is 1. The van der Waals surface area contributed by atoms with Crippen molar-refractivity contribution < 1.29 is 17.6 Å². The van der Waals surface area contributed by atoms with E-state index in [0.29, 0.717) is 23.7 Å². The Morgan fingerprint density at radius 3 is 2.15 bits per heavy atom. The van der Waals surface area contributed by atoms with E-state index < -0.39 is 10.0 Å². The minimum absolute atomic E-state index is 0.228. The molecule has 0 atom stereocenters. The van der Waals surface area contributed by atoms with Crippen LogP contribution in [0.5, 0.6) is 0 Å². The molecule has 1 amide bonds. The second kappa shape index (κ2) is 7.54. The van der Waals surface area contributed by atoms with E-state index in [-0.39, 0.29) is 29.7 Å². The van der Waals surface area contributed by atoms with E-state index in [2.05, 4.69) is 29.8 Å². The smallest absolute Gasteiger partial charge is 0.289 e. The van der Waals surface area contributed by atoms with Gasteiger partial charge >= 0.3 is 0 Å². The van der Waals surface area contributed by atoms with Crippen LogP contribution in [0.15, 0.2) is 50.4 Å². The van der Waals surface area contributed by atoms with Crippen molar-refractivity contribution in [2.24, 2.45) is 0 Å². The summed E-state index contributed by atoms with van der Waals surface area (Å²) in [5, 5.41) is 0. The van der Waals surface area contributed by atoms with Gasteiger partial charge in [-0.2, -0.15) is 4.31 Å². The van der Waals surface area contributed by atoms with E-state index in [1.807, 2.05) is 12.1 Å². The van der Waals surface area contributed by atoms with Crippen molar-refractivity contribution in [1.82, 2.24) is 9.21 Å². The molecule has 3 rings (SSSR count). The van der Waals surface area contributed by atoms with Crippen molar-refractivity contribution in [1.29, 1.82) is 0 Å². The van der Waals surface area contributed by atoms with E-state index in [1.165, 1.54) is 4.31 Å². The molecule has 0 bridgehead atoms. The Bertz CT molecular complexity index is 882. The predicted molar refractivity (Wildman–Crippen MR) is 102 cm³/mol. The molecule has 1 fully saturated rings. The Hall–Kier alpha value is -1.64. The lowest BCUT2D eigenvalue weighted by atomic mass is 10.0. The molecule has 0 radical (unpaired) electrons. The Morgan fingerprint density at radius 2 is 1.65 bits per heavy atom. The molecule has 0 spiro atoms. The van der Waals surface area contributed by atoms with Crippen molar-refractivity contribution >= 4 is 31.9 Å². The van der Waals surface area contributed by atoms with Crippen LogP contribution in [-0.4, -0.2) is 49.7 Å². The molecule has 2 heterocycles. The summed E-state index contributed by atoms with van der Waals surface area (Å²) in [7, 11) is -3.55. The highest BCUT2D eigenvalue weighted by molar-refractivity contribution is 9.10. The molecule has 1 aliphatic heterocycles. The summed E-state index contributed by atoms with van der Waals surface area (Å²) >= 11 is 3.17. The predicted octanol–water partition coefficient (Wildman–Crippen LogP) is 3.31. The monoisotopic (exact) mass is 440 g/mol. The topological polar surface area (TPSA) is 70.8 Å². The van der Waals surface area contributed by atoms with Crippen molar-refractivity contribution in [3.63, 3.8) is 0 Å². The zero-order valence-electron chi connectivity index (χ0n) is 14.7. The number of rotatable bonds is 4. The number of carbonyl (C=O) groups excluding carboxylic acids is 1. The van der Waals surface area contributed by atoms with Crippen LogP contribution in [0.2, 0.25) is 0 Å². The number of furan rings is 1. The van der Waals surface area contributed by atoms with E-state index in [9.17, 15) is 13.2 Å². The lowest BCUT2D eigenvalue weighted by molar-refractivity contribution is 0.0664. The highest BCUT2D eigenvalue weighted by Gasteiger charge is 2.31. The fourth-order valence-electron chi connectivity index (χ4n) is 2.89. The van der Waals surface area contributed by atoms with Crippen LogP contribution < -0.4 is 0 Å².